The molecule has 19 heavy (non-hydrogen) atoms. The van der Waals surface area contributed by atoms with Gasteiger partial charge in [0.05, 0.1) is 0 Å². The Balaban J connectivity index is 1.89. The minimum atomic E-state index is 0.0411. The van der Waals surface area contributed by atoms with Crippen molar-refractivity contribution in [2.75, 3.05) is 6.54 Å². The Labute approximate surface area is 121 Å². The number of nitrogens with one attached hydrogen (secondary N) is 1. The summed E-state index contributed by atoms with van der Waals surface area (Å²) in [5, 5.41) is 3.42. The Morgan fingerprint density at radius 3 is 2.84 bits per heavy atom. The molecule has 0 bridgehead atoms. The Morgan fingerprint density at radius 2 is 2.11 bits per heavy atom. The number of halogens is 1. The number of pyridine rings is 1. The zero-order chi connectivity index (χ0) is 13.7. The van der Waals surface area contributed by atoms with Crippen molar-refractivity contribution in [3.05, 3.63) is 69.1 Å². The minimum absolute atomic E-state index is 0.0411. The summed E-state index contributed by atoms with van der Waals surface area (Å²) in [6.07, 6.45) is 1.81. The van der Waals surface area contributed by atoms with Crippen LogP contribution in [0, 0.1) is 0 Å². The highest BCUT2D eigenvalue weighted by molar-refractivity contribution is 9.10. The molecular formula is C15H17BrN2O. The highest BCUT2D eigenvalue weighted by Gasteiger charge is 2.04. The smallest absolute Gasteiger partial charge is 0.250 e. The van der Waals surface area contributed by atoms with E-state index < -0.39 is 0 Å². The summed E-state index contributed by atoms with van der Waals surface area (Å²) in [5.74, 6) is 0. The maximum absolute atomic E-state index is 11.5. The van der Waals surface area contributed by atoms with Crippen LogP contribution in [0.25, 0.3) is 0 Å². The quantitative estimate of drug-likeness (QED) is 0.919. The van der Waals surface area contributed by atoms with Gasteiger partial charge in [0.25, 0.3) is 5.56 Å². The van der Waals surface area contributed by atoms with Crippen LogP contribution in [0.4, 0.5) is 0 Å². The van der Waals surface area contributed by atoms with E-state index in [9.17, 15) is 4.79 Å². The molecule has 0 aliphatic rings. The molecule has 0 saturated heterocycles. The second-order valence-corrected chi connectivity index (χ2v) is 5.38. The van der Waals surface area contributed by atoms with Gasteiger partial charge in [-0.25, -0.2) is 0 Å². The topological polar surface area (TPSA) is 34.0 Å². The summed E-state index contributed by atoms with van der Waals surface area (Å²) in [5.41, 5.74) is 1.27. The summed E-state index contributed by atoms with van der Waals surface area (Å²) in [6.45, 7) is 3.56. The molecule has 0 fully saturated rings. The molecule has 3 nitrogen and oxygen atoms in total. The molecule has 1 heterocycles. The molecule has 1 aromatic carbocycles. The first-order valence-corrected chi connectivity index (χ1v) is 7.10. The normalized spacial score (nSPS) is 12.3. The second kappa shape index (κ2) is 6.68. The Bertz CT molecular complexity index is 594. The lowest BCUT2D eigenvalue weighted by Gasteiger charge is -2.15. The van der Waals surface area contributed by atoms with E-state index in [1.54, 1.807) is 16.7 Å². The van der Waals surface area contributed by atoms with Gasteiger partial charge in [-0.15, -0.1) is 0 Å². The van der Waals surface area contributed by atoms with Crippen molar-refractivity contribution in [2.45, 2.75) is 19.5 Å². The highest BCUT2D eigenvalue weighted by Crippen LogP contribution is 2.17. The van der Waals surface area contributed by atoms with Crippen LogP contribution in [0.2, 0.25) is 0 Å². The lowest BCUT2D eigenvalue weighted by Crippen LogP contribution is -2.27. The monoisotopic (exact) mass is 320 g/mol. The molecule has 4 heteroatoms. The maximum Gasteiger partial charge on any atom is 0.250 e. The van der Waals surface area contributed by atoms with Gasteiger partial charge in [0, 0.05) is 35.9 Å². The van der Waals surface area contributed by atoms with Crippen molar-refractivity contribution in [1.29, 1.82) is 0 Å². The SMILES string of the molecule is C[C@@H](NCCn1ccccc1=O)c1cccc(Br)c1. The fourth-order valence-corrected chi connectivity index (χ4v) is 2.36. The Hall–Kier alpha value is -1.39. The molecule has 100 valence electrons. The van der Waals surface area contributed by atoms with E-state index in [4.69, 9.17) is 0 Å². The summed E-state index contributed by atoms with van der Waals surface area (Å²) in [6, 6.07) is 13.7. The predicted octanol–water partition coefficient (Wildman–Crippen LogP) is 2.96. The van der Waals surface area contributed by atoms with Crippen LogP contribution in [-0.4, -0.2) is 11.1 Å². The van der Waals surface area contributed by atoms with Gasteiger partial charge in [0.15, 0.2) is 0 Å². The fourth-order valence-electron chi connectivity index (χ4n) is 1.94. The molecule has 2 rings (SSSR count). The zero-order valence-corrected chi connectivity index (χ0v) is 12.4. The van der Waals surface area contributed by atoms with Crippen LogP contribution < -0.4 is 10.9 Å². The minimum Gasteiger partial charge on any atom is -0.314 e. The number of hydrogen-bond donors (Lipinski definition) is 1. The molecule has 0 amide bonds. The van der Waals surface area contributed by atoms with Crippen LogP contribution in [0.15, 0.2) is 57.9 Å². The van der Waals surface area contributed by atoms with Gasteiger partial charge in [-0.05, 0) is 30.7 Å². The lowest BCUT2D eigenvalue weighted by molar-refractivity contribution is 0.524. The third-order valence-electron chi connectivity index (χ3n) is 3.05. The number of hydrogen-bond acceptors (Lipinski definition) is 2. The van der Waals surface area contributed by atoms with Crippen LogP contribution in [0.3, 0.4) is 0 Å². The fraction of sp³-hybridized carbons (Fsp3) is 0.267. The van der Waals surface area contributed by atoms with E-state index in [1.165, 1.54) is 5.56 Å². The molecule has 1 atom stereocenters. The van der Waals surface area contributed by atoms with Crippen molar-refractivity contribution in [2.24, 2.45) is 0 Å². The molecule has 1 N–H and O–H groups in total. The number of rotatable bonds is 5. The molecule has 0 saturated carbocycles. The van der Waals surface area contributed by atoms with Crippen molar-refractivity contribution in [1.82, 2.24) is 9.88 Å². The molecule has 0 unspecified atom stereocenters. The van der Waals surface area contributed by atoms with Gasteiger partial charge >= 0.3 is 0 Å². The van der Waals surface area contributed by atoms with E-state index in [0.29, 0.717) is 6.54 Å². The van der Waals surface area contributed by atoms with Gasteiger partial charge in [0.2, 0.25) is 0 Å². The summed E-state index contributed by atoms with van der Waals surface area (Å²) in [7, 11) is 0. The first kappa shape index (κ1) is 14.0. The molecule has 0 radical (unpaired) electrons. The van der Waals surface area contributed by atoms with Crippen LogP contribution >= 0.6 is 15.9 Å². The first-order valence-electron chi connectivity index (χ1n) is 6.31. The molecule has 2 aromatic rings. The average molecular weight is 321 g/mol. The van der Waals surface area contributed by atoms with E-state index in [0.717, 1.165) is 11.0 Å². The number of nitrogens with zero attached hydrogens (tertiary/aromatic N) is 1. The molecular weight excluding hydrogens is 304 g/mol. The van der Waals surface area contributed by atoms with Gasteiger partial charge in [-0.3, -0.25) is 4.79 Å². The van der Waals surface area contributed by atoms with E-state index in [1.807, 2.05) is 24.4 Å². The lowest BCUT2D eigenvalue weighted by atomic mass is 10.1. The first-order chi connectivity index (χ1) is 9.16. The molecule has 0 aliphatic carbocycles. The van der Waals surface area contributed by atoms with Gasteiger partial charge in [-0.2, -0.15) is 0 Å². The Kier molecular flexibility index (Phi) is 4.93. The van der Waals surface area contributed by atoms with Crippen molar-refractivity contribution in [3.63, 3.8) is 0 Å². The third-order valence-corrected chi connectivity index (χ3v) is 3.54. The van der Waals surface area contributed by atoms with Crippen LogP contribution in [0.1, 0.15) is 18.5 Å². The molecule has 0 spiro atoms. The standard InChI is InChI=1S/C15H17BrN2O/c1-12(13-5-4-6-14(16)11-13)17-8-10-18-9-3-2-7-15(18)19/h2-7,9,11-12,17H,8,10H2,1H3/t12-/m1/s1. The van der Waals surface area contributed by atoms with Crippen molar-refractivity contribution >= 4 is 15.9 Å². The second-order valence-electron chi connectivity index (χ2n) is 4.46. The maximum atomic E-state index is 11.5. The number of benzene rings is 1. The highest BCUT2D eigenvalue weighted by atomic mass is 79.9. The Morgan fingerprint density at radius 1 is 1.26 bits per heavy atom. The predicted molar refractivity (Wildman–Crippen MR) is 81.3 cm³/mol. The van der Waals surface area contributed by atoms with E-state index in [2.05, 4.69) is 40.3 Å². The summed E-state index contributed by atoms with van der Waals surface area (Å²) >= 11 is 3.47. The van der Waals surface area contributed by atoms with E-state index >= 15 is 0 Å². The van der Waals surface area contributed by atoms with Crippen LogP contribution in [-0.2, 0) is 6.54 Å². The molecule has 0 aliphatic heterocycles. The third kappa shape index (κ3) is 4.04. The average Bonchev–Trinajstić information content (AvgIpc) is 2.41. The van der Waals surface area contributed by atoms with Crippen LogP contribution in [0.5, 0.6) is 0 Å². The van der Waals surface area contributed by atoms with Gasteiger partial charge < -0.3 is 9.88 Å². The van der Waals surface area contributed by atoms with Gasteiger partial charge in [0.1, 0.15) is 0 Å². The van der Waals surface area contributed by atoms with E-state index in [-0.39, 0.29) is 11.6 Å². The van der Waals surface area contributed by atoms with Crippen molar-refractivity contribution < 1.29 is 0 Å². The number of aromatic nitrogens is 1. The van der Waals surface area contributed by atoms with Gasteiger partial charge in [-0.1, -0.05) is 34.1 Å². The largest absolute Gasteiger partial charge is 0.314 e. The summed E-state index contributed by atoms with van der Waals surface area (Å²) < 4.78 is 2.79. The summed E-state index contributed by atoms with van der Waals surface area (Å²) in [4.78, 5) is 11.5. The zero-order valence-electron chi connectivity index (χ0n) is 10.8. The molecule has 1 aromatic heterocycles. The van der Waals surface area contributed by atoms with Crippen molar-refractivity contribution in [3.8, 4) is 0 Å².